The van der Waals surface area contributed by atoms with Gasteiger partial charge in [-0.15, -0.1) is 11.8 Å². The molecule has 21 heavy (non-hydrogen) atoms. The molecule has 0 saturated heterocycles. The molecule has 2 aromatic carbocycles. The first-order valence-electron chi connectivity index (χ1n) is 6.72. The number of benzene rings is 2. The first-order chi connectivity index (χ1) is 10.1. The second kappa shape index (κ2) is 7.18. The number of carbonyl (C=O) groups is 1. The van der Waals surface area contributed by atoms with Crippen LogP contribution in [0.3, 0.4) is 0 Å². The van der Waals surface area contributed by atoms with E-state index < -0.39 is 0 Å². The monoisotopic (exact) mass is 301 g/mol. The lowest BCUT2D eigenvalue weighted by Crippen LogP contribution is -2.20. The van der Waals surface area contributed by atoms with E-state index in [1.165, 1.54) is 5.56 Å². The molecular formula is C17H19NO2S. The molecule has 110 valence electrons. The molecule has 0 aromatic heterocycles. The number of carbonyl (C=O) groups excluding carboxylic acids is 1. The highest BCUT2D eigenvalue weighted by Crippen LogP contribution is 2.19. The Morgan fingerprint density at radius 3 is 2.67 bits per heavy atom. The van der Waals surface area contributed by atoms with Crippen LogP contribution in [0.5, 0.6) is 5.75 Å². The second-order valence-electron chi connectivity index (χ2n) is 4.81. The van der Waals surface area contributed by atoms with Crippen LogP contribution in [0.4, 0.5) is 5.69 Å². The van der Waals surface area contributed by atoms with E-state index in [9.17, 15) is 4.79 Å². The maximum absolute atomic E-state index is 11.9. The van der Waals surface area contributed by atoms with Crippen molar-refractivity contribution in [3.63, 3.8) is 0 Å². The van der Waals surface area contributed by atoms with E-state index >= 15 is 0 Å². The van der Waals surface area contributed by atoms with E-state index in [4.69, 9.17) is 4.74 Å². The maximum atomic E-state index is 11.9. The summed E-state index contributed by atoms with van der Waals surface area (Å²) in [6.07, 6.45) is 2.00. The topological polar surface area (TPSA) is 38.3 Å². The Bertz CT molecular complexity index is 640. The third-order valence-electron chi connectivity index (χ3n) is 3.20. The number of nitrogens with one attached hydrogen (secondary N) is 1. The van der Waals surface area contributed by atoms with Gasteiger partial charge in [0.2, 0.25) is 0 Å². The van der Waals surface area contributed by atoms with E-state index in [-0.39, 0.29) is 12.5 Å². The molecular weight excluding hydrogens is 282 g/mol. The molecule has 0 aliphatic heterocycles. The summed E-state index contributed by atoms with van der Waals surface area (Å²) in [7, 11) is 0. The first-order valence-corrected chi connectivity index (χ1v) is 7.95. The third-order valence-corrected chi connectivity index (χ3v) is 3.93. The van der Waals surface area contributed by atoms with Crippen molar-refractivity contribution in [3.05, 3.63) is 53.6 Å². The molecule has 3 nitrogen and oxygen atoms in total. The lowest BCUT2D eigenvalue weighted by atomic mass is 10.1. The third kappa shape index (κ3) is 4.53. The smallest absolute Gasteiger partial charge is 0.262 e. The summed E-state index contributed by atoms with van der Waals surface area (Å²) in [6.45, 7) is 4.08. The lowest BCUT2D eigenvalue weighted by Gasteiger charge is -2.09. The number of ether oxygens (including phenoxy) is 1. The van der Waals surface area contributed by atoms with Crippen LogP contribution in [0.1, 0.15) is 11.1 Å². The van der Waals surface area contributed by atoms with E-state index in [1.54, 1.807) is 11.8 Å². The molecule has 0 spiro atoms. The Hall–Kier alpha value is -1.94. The summed E-state index contributed by atoms with van der Waals surface area (Å²) in [6, 6.07) is 13.6. The van der Waals surface area contributed by atoms with Gasteiger partial charge in [-0.25, -0.2) is 0 Å². The van der Waals surface area contributed by atoms with Crippen molar-refractivity contribution < 1.29 is 9.53 Å². The van der Waals surface area contributed by atoms with Gasteiger partial charge in [-0.2, -0.15) is 0 Å². The van der Waals surface area contributed by atoms with Gasteiger partial charge >= 0.3 is 0 Å². The first kappa shape index (κ1) is 15.4. The van der Waals surface area contributed by atoms with E-state index in [0.717, 1.165) is 16.1 Å². The molecule has 1 amide bonds. The zero-order valence-electron chi connectivity index (χ0n) is 12.5. The van der Waals surface area contributed by atoms with Crippen LogP contribution in [0, 0.1) is 13.8 Å². The number of anilines is 1. The highest BCUT2D eigenvalue weighted by molar-refractivity contribution is 7.98. The summed E-state index contributed by atoms with van der Waals surface area (Å²) >= 11 is 1.64. The van der Waals surface area contributed by atoms with Gasteiger partial charge < -0.3 is 10.1 Å². The Kier molecular flexibility index (Phi) is 5.28. The molecule has 0 bridgehead atoms. The van der Waals surface area contributed by atoms with Gasteiger partial charge in [0, 0.05) is 10.6 Å². The maximum Gasteiger partial charge on any atom is 0.262 e. The van der Waals surface area contributed by atoms with Gasteiger partial charge in [0.15, 0.2) is 6.61 Å². The summed E-state index contributed by atoms with van der Waals surface area (Å²) < 4.78 is 5.52. The number of hydrogen-bond donors (Lipinski definition) is 1. The number of hydrogen-bond acceptors (Lipinski definition) is 3. The van der Waals surface area contributed by atoms with Gasteiger partial charge in [0.05, 0.1) is 0 Å². The standard InChI is InChI=1S/C17H19NO2S/c1-12-7-8-15(9-13(12)2)20-11-17(19)18-14-5-4-6-16(10-14)21-3/h4-10H,11H2,1-3H3,(H,18,19). The van der Waals surface area contributed by atoms with Gasteiger partial charge in [0.25, 0.3) is 5.91 Å². The number of aryl methyl sites for hydroxylation is 2. The molecule has 4 heteroatoms. The Morgan fingerprint density at radius 1 is 1.14 bits per heavy atom. The molecule has 2 aromatic rings. The van der Waals surface area contributed by atoms with Crippen LogP contribution in [0.15, 0.2) is 47.4 Å². The normalized spacial score (nSPS) is 10.2. The SMILES string of the molecule is CSc1cccc(NC(=O)COc2ccc(C)c(C)c2)c1. The molecule has 2 rings (SSSR count). The summed E-state index contributed by atoms with van der Waals surface area (Å²) in [5.74, 6) is 0.553. The Labute approximate surface area is 129 Å². The van der Waals surface area contributed by atoms with E-state index in [0.29, 0.717) is 5.75 Å². The number of rotatable bonds is 5. The largest absolute Gasteiger partial charge is 0.484 e. The van der Waals surface area contributed by atoms with Gasteiger partial charge in [0.1, 0.15) is 5.75 Å². The van der Waals surface area contributed by atoms with Crippen molar-refractivity contribution in [3.8, 4) is 5.75 Å². The summed E-state index contributed by atoms with van der Waals surface area (Å²) in [5.41, 5.74) is 3.15. The van der Waals surface area contributed by atoms with Gasteiger partial charge in [-0.1, -0.05) is 12.1 Å². The minimum Gasteiger partial charge on any atom is -0.484 e. The number of amides is 1. The van der Waals surface area contributed by atoms with Crippen LogP contribution in [-0.4, -0.2) is 18.8 Å². The van der Waals surface area contributed by atoms with Gasteiger partial charge in [-0.3, -0.25) is 4.79 Å². The van der Waals surface area contributed by atoms with E-state index in [2.05, 4.69) is 5.32 Å². The van der Waals surface area contributed by atoms with Crippen LogP contribution in [-0.2, 0) is 4.79 Å². The predicted octanol–water partition coefficient (Wildman–Crippen LogP) is 4.04. The fourth-order valence-corrected chi connectivity index (χ4v) is 2.31. The van der Waals surface area contributed by atoms with Gasteiger partial charge in [-0.05, 0) is 61.6 Å². The average Bonchev–Trinajstić information content (AvgIpc) is 2.48. The van der Waals surface area contributed by atoms with Crippen LogP contribution >= 0.6 is 11.8 Å². The van der Waals surface area contributed by atoms with Crippen molar-refractivity contribution in [2.45, 2.75) is 18.7 Å². The molecule has 1 N–H and O–H groups in total. The molecule has 0 unspecified atom stereocenters. The molecule has 0 heterocycles. The second-order valence-corrected chi connectivity index (χ2v) is 5.69. The summed E-state index contributed by atoms with van der Waals surface area (Å²) in [4.78, 5) is 13.0. The minimum atomic E-state index is -0.161. The number of thioether (sulfide) groups is 1. The van der Waals surface area contributed by atoms with E-state index in [1.807, 2.05) is 62.6 Å². The lowest BCUT2D eigenvalue weighted by molar-refractivity contribution is -0.118. The molecule has 0 radical (unpaired) electrons. The molecule has 0 fully saturated rings. The molecule has 0 saturated carbocycles. The zero-order valence-corrected chi connectivity index (χ0v) is 13.3. The van der Waals surface area contributed by atoms with Crippen LogP contribution < -0.4 is 10.1 Å². The highest BCUT2D eigenvalue weighted by Gasteiger charge is 2.05. The molecule has 0 atom stereocenters. The molecule has 0 aliphatic carbocycles. The van der Waals surface area contributed by atoms with Crippen LogP contribution in [0.25, 0.3) is 0 Å². The quantitative estimate of drug-likeness (QED) is 0.847. The highest BCUT2D eigenvalue weighted by atomic mass is 32.2. The summed E-state index contributed by atoms with van der Waals surface area (Å²) in [5, 5.41) is 2.84. The average molecular weight is 301 g/mol. The zero-order chi connectivity index (χ0) is 15.2. The van der Waals surface area contributed by atoms with Crippen molar-refractivity contribution in [1.29, 1.82) is 0 Å². The minimum absolute atomic E-state index is 0.00595. The van der Waals surface area contributed by atoms with Crippen LogP contribution in [0.2, 0.25) is 0 Å². The fourth-order valence-electron chi connectivity index (χ4n) is 1.85. The van der Waals surface area contributed by atoms with Crippen molar-refractivity contribution in [2.75, 3.05) is 18.2 Å². The predicted molar refractivity (Wildman–Crippen MR) is 88.3 cm³/mol. The fraction of sp³-hybridized carbons (Fsp3) is 0.235. The van der Waals surface area contributed by atoms with Crippen molar-refractivity contribution in [1.82, 2.24) is 0 Å². The Balaban J connectivity index is 1.90. The molecule has 0 aliphatic rings. The van der Waals surface area contributed by atoms with Crippen molar-refractivity contribution >= 4 is 23.4 Å². The van der Waals surface area contributed by atoms with Crippen molar-refractivity contribution in [2.24, 2.45) is 0 Å². The Morgan fingerprint density at radius 2 is 1.95 bits per heavy atom.